The minimum atomic E-state index is -0.455. The van der Waals surface area contributed by atoms with Crippen LogP contribution >= 0.6 is 11.3 Å². The third-order valence-corrected chi connectivity index (χ3v) is 6.56. The van der Waals surface area contributed by atoms with Crippen LogP contribution in [0.15, 0.2) is 95.5 Å². The number of ketones is 1. The molecule has 5 aromatic rings. The molecule has 0 saturated carbocycles. The summed E-state index contributed by atoms with van der Waals surface area (Å²) in [5.74, 6) is -0.309. The smallest absolute Gasteiger partial charge is 0.243 e. The monoisotopic (exact) mass is 478 g/mol. The average molecular weight is 479 g/mol. The fourth-order valence-electron chi connectivity index (χ4n) is 3.67. The minimum absolute atomic E-state index is 0.0312. The first-order valence-corrected chi connectivity index (χ1v) is 11.4. The van der Waals surface area contributed by atoms with Gasteiger partial charge >= 0.3 is 0 Å². The van der Waals surface area contributed by atoms with E-state index in [0.717, 1.165) is 22.6 Å². The summed E-state index contributed by atoms with van der Waals surface area (Å²) in [5, 5.41) is 24.2. The van der Waals surface area contributed by atoms with Crippen LogP contribution < -0.4 is 10.6 Å². The maximum Gasteiger partial charge on any atom is 0.243 e. The Morgan fingerprint density at radius 1 is 0.971 bits per heavy atom. The van der Waals surface area contributed by atoms with Gasteiger partial charge in [-0.2, -0.15) is 5.26 Å². The van der Waals surface area contributed by atoms with Crippen LogP contribution in [0.25, 0.3) is 11.3 Å². The number of nitrogens with two attached hydrogens (primary N) is 1. The Labute approximate surface area is 204 Å². The average Bonchev–Trinajstić information content (AvgIpc) is 3.51. The molecule has 0 fully saturated rings. The predicted octanol–water partition coefficient (Wildman–Crippen LogP) is 6.26. The highest BCUT2D eigenvalue weighted by Crippen LogP contribution is 2.45. The Bertz CT molecular complexity index is 1540. The van der Waals surface area contributed by atoms with Gasteiger partial charge in [0.1, 0.15) is 33.0 Å². The summed E-state index contributed by atoms with van der Waals surface area (Å²) >= 11 is 1.10. The van der Waals surface area contributed by atoms with Gasteiger partial charge in [-0.25, -0.2) is 0 Å². The molecule has 3 aromatic carbocycles. The molecule has 0 aliphatic carbocycles. The lowest BCUT2D eigenvalue weighted by Gasteiger charge is -2.24. The fourth-order valence-corrected chi connectivity index (χ4v) is 4.83. The van der Waals surface area contributed by atoms with Crippen molar-refractivity contribution in [2.24, 2.45) is 0 Å². The van der Waals surface area contributed by atoms with E-state index in [9.17, 15) is 15.2 Å². The van der Waals surface area contributed by atoms with Crippen molar-refractivity contribution in [1.82, 2.24) is 5.16 Å². The normalized spacial score (nSPS) is 10.6. The van der Waals surface area contributed by atoms with E-state index in [4.69, 9.17) is 10.3 Å². The molecular formula is C27H18N4O3S. The largest absolute Gasteiger partial charge is 0.508 e. The summed E-state index contributed by atoms with van der Waals surface area (Å²) in [6, 6.07) is 29.0. The first kappa shape index (κ1) is 21.9. The number of para-hydroxylation sites is 1. The molecule has 35 heavy (non-hydrogen) atoms. The number of phenols is 1. The number of anilines is 4. The van der Waals surface area contributed by atoms with Crippen molar-refractivity contribution < 1.29 is 14.4 Å². The zero-order valence-electron chi connectivity index (χ0n) is 18.3. The topological polar surface area (TPSA) is 116 Å². The lowest BCUT2D eigenvalue weighted by Crippen LogP contribution is -2.09. The number of thiophene rings is 1. The predicted molar refractivity (Wildman–Crippen MR) is 135 cm³/mol. The molecule has 2 heterocycles. The quantitative estimate of drug-likeness (QED) is 0.277. The molecule has 170 valence electrons. The SMILES string of the molecule is N#Cc1c(N(c2ccccc2)c2ccc(O)cc2)sc(C(=O)c2cc(-c3ccccc3)no2)c1N. The number of hydrogen-bond donors (Lipinski definition) is 2. The maximum atomic E-state index is 13.4. The fraction of sp³-hybridized carbons (Fsp3) is 0. The van der Waals surface area contributed by atoms with E-state index in [1.807, 2.05) is 65.6 Å². The summed E-state index contributed by atoms with van der Waals surface area (Å²) in [6.45, 7) is 0. The van der Waals surface area contributed by atoms with E-state index in [2.05, 4.69) is 11.2 Å². The second kappa shape index (κ2) is 9.17. The molecule has 0 aliphatic heterocycles. The molecule has 7 nitrogen and oxygen atoms in total. The van der Waals surface area contributed by atoms with Gasteiger partial charge in [0.05, 0.1) is 5.69 Å². The first-order chi connectivity index (χ1) is 17.1. The van der Waals surface area contributed by atoms with Gasteiger partial charge in [0.15, 0.2) is 0 Å². The van der Waals surface area contributed by atoms with Crippen LogP contribution in [-0.4, -0.2) is 16.0 Å². The molecule has 0 atom stereocenters. The number of hydrogen-bond acceptors (Lipinski definition) is 8. The summed E-state index contributed by atoms with van der Waals surface area (Å²) in [4.78, 5) is 15.4. The molecule has 0 spiro atoms. The number of carbonyl (C=O) groups is 1. The highest BCUT2D eigenvalue weighted by molar-refractivity contribution is 7.19. The van der Waals surface area contributed by atoms with Gasteiger partial charge in [0, 0.05) is 23.0 Å². The Hall–Kier alpha value is -4.87. The standard InChI is InChI=1S/C27H18N4O3S/c28-16-21-24(29)26(25(33)23-15-22(30-34-23)17-7-3-1-4-8-17)35-27(21)31(18-9-5-2-6-10-18)19-11-13-20(32)14-12-19/h1-15,32H,29H2. The van der Waals surface area contributed by atoms with Crippen LogP contribution in [0.1, 0.15) is 21.0 Å². The minimum Gasteiger partial charge on any atom is -0.508 e. The molecule has 8 heteroatoms. The van der Waals surface area contributed by atoms with E-state index in [0.29, 0.717) is 16.4 Å². The molecule has 0 aliphatic rings. The second-order valence-electron chi connectivity index (χ2n) is 7.60. The number of nitrogens with zero attached hydrogens (tertiary/aromatic N) is 3. The number of aromatic hydroxyl groups is 1. The van der Waals surface area contributed by atoms with Crippen molar-refractivity contribution in [1.29, 1.82) is 5.26 Å². The molecule has 5 rings (SSSR count). The van der Waals surface area contributed by atoms with Crippen molar-refractivity contribution in [3.8, 4) is 23.1 Å². The number of carbonyl (C=O) groups excluding carboxylic acids is 1. The number of nitriles is 1. The van der Waals surface area contributed by atoms with E-state index in [-0.39, 0.29) is 27.6 Å². The van der Waals surface area contributed by atoms with Crippen molar-refractivity contribution in [2.75, 3.05) is 10.6 Å². The van der Waals surface area contributed by atoms with Gasteiger partial charge in [-0.3, -0.25) is 4.79 Å². The van der Waals surface area contributed by atoms with Crippen molar-refractivity contribution in [2.45, 2.75) is 0 Å². The van der Waals surface area contributed by atoms with Crippen LogP contribution in [0.5, 0.6) is 5.75 Å². The van der Waals surface area contributed by atoms with E-state index in [1.54, 1.807) is 30.3 Å². The summed E-state index contributed by atoms with van der Waals surface area (Å²) < 4.78 is 5.34. The number of nitrogen functional groups attached to an aromatic ring is 1. The van der Waals surface area contributed by atoms with Gasteiger partial charge in [-0.15, -0.1) is 11.3 Å². The molecule has 0 radical (unpaired) electrons. The summed E-state index contributed by atoms with van der Waals surface area (Å²) in [5.41, 5.74) is 9.38. The van der Waals surface area contributed by atoms with Gasteiger partial charge in [-0.1, -0.05) is 53.7 Å². The molecule has 3 N–H and O–H groups in total. The maximum absolute atomic E-state index is 13.4. The summed E-state index contributed by atoms with van der Waals surface area (Å²) in [6.07, 6.45) is 0. The van der Waals surface area contributed by atoms with E-state index in [1.165, 1.54) is 0 Å². The zero-order chi connectivity index (χ0) is 24.4. The Balaban J connectivity index is 1.60. The highest BCUT2D eigenvalue weighted by atomic mass is 32.1. The van der Waals surface area contributed by atoms with Crippen LogP contribution in [0.2, 0.25) is 0 Å². The molecular weight excluding hydrogens is 460 g/mol. The first-order valence-electron chi connectivity index (χ1n) is 10.6. The Morgan fingerprint density at radius 3 is 2.26 bits per heavy atom. The van der Waals surface area contributed by atoms with Crippen LogP contribution in [0.3, 0.4) is 0 Å². The van der Waals surface area contributed by atoms with Crippen LogP contribution in [0, 0.1) is 11.3 Å². The van der Waals surface area contributed by atoms with Crippen molar-refractivity contribution in [3.63, 3.8) is 0 Å². The second-order valence-corrected chi connectivity index (χ2v) is 8.59. The number of aromatic nitrogens is 1. The van der Waals surface area contributed by atoms with Gasteiger partial charge in [-0.05, 0) is 36.4 Å². The van der Waals surface area contributed by atoms with Crippen LogP contribution in [-0.2, 0) is 0 Å². The Kier molecular flexibility index (Phi) is 5.75. The van der Waals surface area contributed by atoms with Crippen molar-refractivity contribution in [3.05, 3.63) is 107 Å². The number of phenolic OH excluding ortho intramolecular Hbond substituents is 1. The zero-order valence-corrected chi connectivity index (χ0v) is 19.1. The highest BCUT2D eigenvalue weighted by Gasteiger charge is 2.28. The molecule has 0 saturated heterocycles. The molecule has 2 aromatic heterocycles. The Morgan fingerprint density at radius 2 is 1.60 bits per heavy atom. The van der Waals surface area contributed by atoms with E-state index < -0.39 is 5.78 Å². The van der Waals surface area contributed by atoms with Gasteiger partial charge in [0.25, 0.3) is 0 Å². The van der Waals surface area contributed by atoms with Gasteiger partial charge < -0.3 is 20.3 Å². The molecule has 0 unspecified atom stereocenters. The number of benzene rings is 3. The number of rotatable bonds is 6. The lowest BCUT2D eigenvalue weighted by molar-refractivity contribution is 0.100. The lowest BCUT2D eigenvalue weighted by atomic mass is 10.1. The van der Waals surface area contributed by atoms with Gasteiger partial charge in [0.2, 0.25) is 11.5 Å². The van der Waals surface area contributed by atoms with E-state index >= 15 is 0 Å². The molecule has 0 bridgehead atoms. The molecule has 0 amide bonds. The summed E-state index contributed by atoms with van der Waals surface area (Å²) in [7, 11) is 0. The van der Waals surface area contributed by atoms with Crippen LogP contribution in [0.4, 0.5) is 22.1 Å². The third kappa shape index (κ3) is 4.12. The van der Waals surface area contributed by atoms with Crippen molar-refractivity contribution >= 4 is 39.2 Å². The third-order valence-electron chi connectivity index (χ3n) is 5.37.